The zero-order valence-electron chi connectivity index (χ0n) is 15.0. The lowest BCUT2D eigenvalue weighted by Gasteiger charge is -2.33. The second kappa shape index (κ2) is 7.97. The fourth-order valence-corrected chi connectivity index (χ4v) is 3.16. The summed E-state index contributed by atoms with van der Waals surface area (Å²) in [6, 6.07) is 2.96. The van der Waals surface area contributed by atoms with E-state index in [0.717, 1.165) is 25.1 Å². The van der Waals surface area contributed by atoms with E-state index in [0.29, 0.717) is 5.69 Å². The number of urea groups is 1. The molecule has 12 heteroatoms. The van der Waals surface area contributed by atoms with E-state index in [9.17, 15) is 32.3 Å². The van der Waals surface area contributed by atoms with Gasteiger partial charge >= 0.3 is 18.2 Å². The molecule has 1 aromatic rings. The molecule has 1 aromatic carbocycles. The van der Waals surface area contributed by atoms with Gasteiger partial charge in [0.2, 0.25) is 5.91 Å². The molecular formula is C17H17F3N4O5. The number of alkyl halides is 3. The summed E-state index contributed by atoms with van der Waals surface area (Å²) in [7, 11) is 0. The zero-order valence-corrected chi connectivity index (χ0v) is 15.0. The number of fused-ring (bicyclic) bond motifs is 3. The van der Waals surface area contributed by atoms with Crippen LogP contribution in [0.4, 0.5) is 29.3 Å². The smallest absolute Gasteiger partial charge is 0.405 e. The van der Waals surface area contributed by atoms with Crippen molar-refractivity contribution < 1.29 is 37.1 Å². The fraction of sp³-hybridized carbons (Fsp3) is 0.412. The van der Waals surface area contributed by atoms with Gasteiger partial charge in [0.15, 0.2) is 6.61 Å². The number of imide groups is 1. The Balaban J connectivity index is 1.54. The van der Waals surface area contributed by atoms with Crippen molar-refractivity contribution >= 4 is 35.2 Å². The van der Waals surface area contributed by atoms with E-state index in [1.807, 2.05) is 4.90 Å². The number of nitrogens with one attached hydrogen (secondary N) is 3. The van der Waals surface area contributed by atoms with Crippen molar-refractivity contribution in [2.75, 3.05) is 29.9 Å². The molecule has 0 aromatic heterocycles. The Bertz CT molecular complexity index is 858. The molecular weight excluding hydrogens is 397 g/mol. The molecule has 3 rings (SSSR count). The summed E-state index contributed by atoms with van der Waals surface area (Å²) >= 11 is 0. The number of esters is 1. The molecule has 0 radical (unpaired) electrons. The van der Waals surface area contributed by atoms with Crippen LogP contribution in [0.1, 0.15) is 23.2 Å². The Hall–Kier alpha value is -3.31. The van der Waals surface area contributed by atoms with Gasteiger partial charge in [-0.3, -0.25) is 14.9 Å². The number of benzene rings is 1. The molecule has 4 amide bonds. The Kier molecular flexibility index (Phi) is 5.62. The van der Waals surface area contributed by atoms with Crippen LogP contribution in [0.15, 0.2) is 18.2 Å². The summed E-state index contributed by atoms with van der Waals surface area (Å²) in [5.41, 5.74) is 1.29. The van der Waals surface area contributed by atoms with Gasteiger partial charge in [-0.15, -0.1) is 0 Å². The van der Waals surface area contributed by atoms with Crippen molar-refractivity contribution in [2.24, 2.45) is 0 Å². The number of carbonyl (C=O) groups is 4. The minimum absolute atomic E-state index is 0.0658. The van der Waals surface area contributed by atoms with Crippen molar-refractivity contribution in [1.29, 1.82) is 0 Å². The molecule has 0 unspecified atom stereocenters. The van der Waals surface area contributed by atoms with Crippen LogP contribution in [0, 0.1) is 0 Å². The molecule has 1 atom stereocenters. The Morgan fingerprint density at radius 2 is 2.03 bits per heavy atom. The predicted octanol–water partition coefficient (Wildman–Crippen LogP) is 1.15. The standard InChI is InChI=1S/C17H17F3N4O5/c18-17(19,20)8-21-16(28)23-13(25)7-29-15(27)9-3-4-11-10(6-9)22-14(26)12-2-1-5-24(11)12/h3-4,6,12H,1-2,5,7-8H2,(H,22,26)(H2,21,23,25,28)/t12-/m0/s1. The maximum Gasteiger partial charge on any atom is 0.405 e. The second-order valence-electron chi connectivity index (χ2n) is 6.49. The van der Waals surface area contributed by atoms with Crippen LogP contribution in [0.25, 0.3) is 0 Å². The van der Waals surface area contributed by atoms with Crippen LogP contribution in [0.3, 0.4) is 0 Å². The average Bonchev–Trinajstić information content (AvgIpc) is 3.14. The Morgan fingerprint density at radius 3 is 2.76 bits per heavy atom. The molecule has 2 aliphatic heterocycles. The molecule has 1 fully saturated rings. The molecule has 0 saturated carbocycles. The summed E-state index contributed by atoms with van der Waals surface area (Å²) in [6.07, 6.45) is -2.99. The van der Waals surface area contributed by atoms with Crippen molar-refractivity contribution in [1.82, 2.24) is 10.6 Å². The maximum atomic E-state index is 12.1. The van der Waals surface area contributed by atoms with Crippen molar-refractivity contribution in [3.63, 3.8) is 0 Å². The van der Waals surface area contributed by atoms with Crippen LogP contribution >= 0.6 is 0 Å². The van der Waals surface area contributed by atoms with E-state index in [4.69, 9.17) is 4.74 Å². The quantitative estimate of drug-likeness (QED) is 0.637. The molecule has 29 heavy (non-hydrogen) atoms. The largest absolute Gasteiger partial charge is 0.452 e. The normalized spacial score (nSPS) is 17.7. The van der Waals surface area contributed by atoms with E-state index in [-0.39, 0.29) is 17.5 Å². The van der Waals surface area contributed by atoms with Gasteiger partial charge in [-0.25, -0.2) is 9.59 Å². The highest BCUT2D eigenvalue weighted by molar-refractivity contribution is 6.05. The number of carbonyl (C=O) groups excluding carboxylic acids is 4. The third kappa shape index (κ3) is 4.95. The molecule has 9 nitrogen and oxygen atoms in total. The minimum atomic E-state index is -4.62. The van der Waals surface area contributed by atoms with Crippen LogP contribution in [0.5, 0.6) is 0 Å². The van der Waals surface area contributed by atoms with E-state index >= 15 is 0 Å². The SMILES string of the molecule is O=C(COC(=O)c1ccc2c(c1)NC(=O)[C@@H]1CCCN21)NC(=O)NCC(F)(F)F. The summed E-state index contributed by atoms with van der Waals surface area (Å²) in [4.78, 5) is 48.9. The average molecular weight is 414 g/mol. The van der Waals surface area contributed by atoms with Gasteiger partial charge < -0.3 is 20.3 Å². The lowest BCUT2D eigenvalue weighted by Crippen LogP contribution is -2.44. The van der Waals surface area contributed by atoms with Crippen molar-refractivity contribution in [3.05, 3.63) is 23.8 Å². The Labute approximate surface area is 162 Å². The molecule has 0 aliphatic carbocycles. The third-order valence-corrected chi connectivity index (χ3v) is 4.39. The topological polar surface area (TPSA) is 117 Å². The molecule has 1 saturated heterocycles. The maximum absolute atomic E-state index is 12.1. The first-order valence-corrected chi connectivity index (χ1v) is 8.67. The number of anilines is 2. The first-order valence-electron chi connectivity index (χ1n) is 8.67. The third-order valence-electron chi connectivity index (χ3n) is 4.39. The van der Waals surface area contributed by atoms with Gasteiger partial charge in [0.1, 0.15) is 12.6 Å². The summed E-state index contributed by atoms with van der Waals surface area (Å²) in [6.45, 7) is -1.74. The van der Waals surface area contributed by atoms with Crippen LogP contribution in [-0.4, -0.2) is 55.7 Å². The van der Waals surface area contributed by atoms with Crippen molar-refractivity contribution in [2.45, 2.75) is 25.1 Å². The Morgan fingerprint density at radius 1 is 1.28 bits per heavy atom. The molecule has 0 bridgehead atoms. The van der Waals surface area contributed by atoms with E-state index < -0.39 is 37.2 Å². The number of ether oxygens (including phenoxy) is 1. The highest BCUT2D eigenvalue weighted by Gasteiger charge is 2.36. The fourth-order valence-electron chi connectivity index (χ4n) is 3.16. The summed E-state index contributed by atoms with van der Waals surface area (Å²) in [5.74, 6) is -2.15. The molecule has 0 spiro atoms. The number of hydrogen-bond acceptors (Lipinski definition) is 6. The minimum Gasteiger partial charge on any atom is -0.452 e. The van der Waals surface area contributed by atoms with Crippen LogP contribution in [-0.2, 0) is 14.3 Å². The summed E-state index contributed by atoms with van der Waals surface area (Å²) in [5, 5.41) is 5.79. The number of amides is 4. The lowest BCUT2D eigenvalue weighted by molar-refractivity contribution is -0.125. The molecule has 2 heterocycles. The molecule has 3 N–H and O–H groups in total. The monoisotopic (exact) mass is 414 g/mol. The van der Waals surface area contributed by atoms with Crippen LogP contribution in [0.2, 0.25) is 0 Å². The zero-order chi connectivity index (χ0) is 21.2. The second-order valence-corrected chi connectivity index (χ2v) is 6.49. The number of hydrogen-bond donors (Lipinski definition) is 3. The number of nitrogens with zero attached hydrogens (tertiary/aromatic N) is 1. The first-order chi connectivity index (χ1) is 13.6. The number of rotatable bonds is 4. The van der Waals surface area contributed by atoms with E-state index in [2.05, 4.69) is 5.32 Å². The predicted molar refractivity (Wildman–Crippen MR) is 93.3 cm³/mol. The van der Waals surface area contributed by atoms with Gasteiger partial charge in [0.05, 0.1) is 16.9 Å². The van der Waals surface area contributed by atoms with E-state index in [1.54, 1.807) is 11.4 Å². The number of halogens is 3. The van der Waals surface area contributed by atoms with Gasteiger partial charge in [0, 0.05) is 6.54 Å². The highest BCUT2D eigenvalue weighted by Crippen LogP contribution is 2.37. The van der Waals surface area contributed by atoms with Gasteiger partial charge in [-0.1, -0.05) is 0 Å². The van der Waals surface area contributed by atoms with Gasteiger partial charge in [-0.2, -0.15) is 13.2 Å². The molecule has 2 aliphatic rings. The van der Waals surface area contributed by atoms with Crippen LogP contribution < -0.4 is 20.9 Å². The van der Waals surface area contributed by atoms with E-state index in [1.165, 1.54) is 17.4 Å². The van der Waals surface area contributed by atoms with Gasteiger partial charge in [-0.05, 0) is 31.0 Å². The lowest BCUT2D eigenvalue weighted by atomic mass is 10.1. The van der Waals surface area contributed by atoms with Gasteiger partial charge in [0.25, 0.3) is 5.91 Å². The summed E-state index contributed by atoms with van der Waals surface area (Å²) < 4.78 is 40.7. The molecule has 156 valence electrons. The first kappa shape index (κ1) is 20.4. The van der Waals surface area contributed by atoms with Crippen molar-refractivity contribution in [3.8, 4) is 0 Å². The highest BCUT2D eigenvalue weighted by atomic mass is 19.4.